The van der Waals surface area contributed by atoms with E-state index in [1.165, 1.54) is 31.2 Å². The molecule has 1 atom stereocenters. The summed E-state index contributed by atoms with van der Waals surface area (Å²) in [5, 5.41) is 3.48. The summed E-state index contributed by atoms with van der Waals surface area (Å²) in [6.07, 6.45) is 8.29. The molecule has 2 aliphatic rings. The molecule has 19 heavy (non-hydrogen) atoms. The molecule has 1 unspecified atom stereocenters. The Kier molecular flexibility index (Phi) is 4.30. The Morgan fingerprint density at radius 2 is 2.21 bits per heavy atom. The van der Waals surface area contributed by atoms with Gasteiger partial charge in [-0.15, -0.1) is 0 Å². The van der Waals surface area contributed by atoms with Crippen LogP contribution < -0.4 is 10.1 Å². The summed E-state index contributed by atoms with van der Waals surface area (Å²) in [6, 6.07) is 4.77. The summed E-state index contributed by atoms with van der Waals surface area (Å²) in [4.78, 5) is 4.34. The topological polar surface area (TPSA) is 43.4 Å². The third-order valence-corrected chi connectivity index (χ3v) is 3.66. The Morgan fingerprint density at radius 1 is 1.26 bits per heavy atom. The average molecular weight is 262 g/mol. The molecule has 4 nitrogen and oxygen atoms in total. The van der Waals surface area contributed by atoms with E-state index in [-0.39, 0.29) is 6.10 Å². The molecular weight excluding hydrogens is 240 g/mol. The van der Waals surface area contributed by atoms with Crippen LogP contribution in [0.1, 0.15) is 37.7 Å². The van der Waals surface area contributed by atoms with E-state index in [0.717, 1.165) is 25.6 Å². The molecule has 1 aliphatic carbocycles. The zero-order valence-corrected chi connectivity index (χ0v) is 11.3. The van der Waals surface area contributed by atoms with Crippen LogP contribution in [0, 0.1) is 0 Å². The molecule has 0 bridgehead atoms. The third kappa shape index (κ3) is 4.18. The van der Waals surface area contributed by atoms with E-state index in [0.29, 0.717) is 12.5 Å². The van der Waals surface area contributed by atoms with Gasteiger partial charge in [0.25, 0.3) is 0 Å². The molecule has 0 amide bonds. The minimum absolute atomic E-state index is 0.242. The van der Waals surface area contributed by atoms with Gasteiger partial charge < -0.3 is 14.8 Å². The van der Waals surface area contributed by atoms with Gasteiger partial charge in [0, 0.05) is 31.5 Å². The van der Waals surface area contributed by atoms with Crippen LogP contribution in [0.4, 0.5) is 0 Å². The summed E-state index contributed by atoms with van der Waals surface area (Å²) >= 11 is 0. The normalized spacial score (nSPS) is 23.3. The van der Waals surface area contributed by atoms with Gasteiger partial charge in [0.1, 0.15) is 6.61 Å². The number of nitrogens with zero attached hydrogens (tertiary/aromatic N) is 1. The molecule has 4 heteroatoms. The van der Waals surface area contributed by atoms with Crippen LogP contribution >= 0.6 is 0 Å². The van der Waals surface area contributed by atoms with Crippen molar-refractivity contribution in [3.63, 3.8) is 0 Å². The maximum absolute atomic E-state index is 5.68. The molecule has 0 radical (unpaired) electrons. The van der Waals surface area contributed by atoms with E-state index >= 15 is 0 Å². The summed E-state index contributed by atoms with van der Waals surface area (Å²) in [5.41, 5.74) is 1.22. The lowest BCUT2D eigenvalue weighted by atomic mass is 10.1. The molecular formula is C15H22N2O2. The highest BCUT2D eigenvalue weighted by Crippen LogP contribution is 2.19. The monoisotopic (exact) mass is 262 g/mol. The van der Waals surface area contributed by atoms with E-state index < -0.39 is 0 Å². The van der Waals surface area contributed by atoms with Gasteiger partial charge in [-0.05, 0) is 37.7 Å². The van der Waals surface area contributed by atoms with Crippen LogP contribution in [0.5, 0.6) is 5.88 Å². The Morgan fingerprint density at radius 3 is 2.89 bits per heavy atom. The van der Waals surface area contributed by atoms with Gasteiger partial charge in [-0.2, -0.15) is 0 Å². The first-order chi connectivity index (χ1) is 9.40. The SMILES string of the molecule is c1cc(OCC2CCCCO2)ncc1CNC1CC1. The Labute approximate surface area is 114 Å². The van der Waals surface area contributed by atoms with E-state index in [1.807, 2.05) is 12.3 Å². The highest BCUT2D eigenvalue weighted by atomic mass is 16.5. The molecule has 1 saturated heterocycles. The van der Waals surface area contributed by atoms with Crippen molar-refractivity contribution in [2.45, 2.75) is 50.8 Å². The first-order valence-corrected chi connectivity index (χ1v) is 7.33. The summed E-state index contributed by atoms with van der Waals surface area (Å²) in [7, 11) is 0. The summed E-state index contributed by atoms with van der Waals surface area (Å²) in [6.45, 7) is 2.39. The fourth-order valence-electron chi connectivity index (χ4n) is 2.27. The predicted molar refractivity (Wildman–Crippen MR) is 73.2 cm³/mol. The number of hydrogen-bond donors (Lipinski definition) is 1. The summed E-state index contributed by atoms with van der Waals surface area (Å²) < 4.78 is 11.3. The number of aromatic nitrogens is 1. The van der Waals surface area contributed by atoms with Crippen LogP contribution in [0.25, 0.3) is 0 Å². The van der Waals surface area contributed by atoms with E-state index in [1.54, 1.807) is 0 Å². The second-order valence-corrected chi connectivity index (χ2v) is 5.46. The lowest BCUT2D eigenvalue weighted by Crippen LogP contribution is -2.26. The fraction of sp³-hybridized carbons (Fsp3) is 0.667. The maximum Gasteiger partial charge on any atom is 0.213 e. The van der Waals surface area contributed by atoms with E-state index in [2.05, 4.69) is 16.4 Å². The highest BCUT2D eigenvalue weighted by molar-refractivity contribution is 5.18. The van der Waals surface area contributed by atoms with Gasteiger partial charge in [-0.1, -0.05) is 6.07 Å². The van der Waals surface area contributed by atoms with E-state index in [9.17, 15) is 0 Å². The van der Waals surface area contributed by atoms with Crippen LogP contribution in [0.15, 0.2) is 18.3 Å². The standard InChI is InChI=1S/C15H22N2O2/c1-2-8-18-14(3-1)11-19-15-7-4-12(10-17-15)9-16-13-5-6-13/h4,7,10,13-14,16H,1-3,5-6,8-9,11H2. The molecule has 1 aromatic heterocycles. The molecule has 0 spiro atoms. The fourth-order valence-corrected chi connectivity index (χ4v) is 2.27. The minimum Gasteiger partial charge on any atom is -0.475 e. The average Bonchev–Trinajstić information content (AvgIpc) is 3.29. The zero-order chi connectivity index (χ0) is 12.9. The Balaban J connectivity index is 1.42. The van der Waals surface area contributed by atoms with Crippen LogP contribution in [0.3, 0.4) is 0 Å². The van der Waals surface area contributed by atoms with Gasteiger partial charge in [0.2, 0.25) is 5.88 Å². The molecule has 3 rings (SSSR count). The number of hydrogen-bond acceptors (Lipinski definition) is 4. The number of rotatable bonds is 6. The van der Waals surface area contributed by atoms with Crippen molar-refractivity contribution in [2.75, 3.05) is 13.2 Å². The molecule has 1 aliphatic heterocycles. The van der Waals surface area contributed by atoms with Crippen LogP contribution in [-0.4, -0.2) is 30.3 Å². The quantitative estimate of drug-likeness (QED) is 0.854. The van der Waals surface area contributed by atoms with Crippen LogP contribution in [0.2, 0.25) is 0 Å². The van der Waals surface area contributed by atoms with Crippen molar-refractivity contribution in [3.05, 3.63) is 23.9 Å². The third-order valence-electron chi connectivity index (χ3n) is 3.66. The second kappa shape index (κ2) is 6.35. The van der Waals surface area contributed by atoms with Crippen molar-refractivity contribution in [3.8, 4) is 5.88 Å². The lowest BCUT2D eigenvalue weighted by molar-refractivity contribution is -0.0119. The zero-order valence-electron chi connectivity index (χ0n) is 11.3. The van der Waals surface area contributed by atoms with Crippen molar-refractivity contribution < 1.29 is 9.47 Å². The van der Waals surface area contributed by atoms with Crippen LogP contribution in [-0.2, 0) is 11.3 Å². The minimum atomic E-state index is 0.242. The van der Waals surface area contributed by atoms with E-state index in [4.69, 9.17) is 9.47 Å². The van der Waals surface area contributed by atoms with Crippen molar-refractivity contribution in [1.29, 1.82) is 0 Å². The molecule has 104 valence electrons. The predicted octanol–water partition coefficient (Wildman–Crippen LogP) is 2.28. The lowest BCUT2D eigenvalue weighted by Gasteiger charge is -2.22. The molecule has 1 N–H and O–H groups in total. The van der Waals surface area contributed by atoms with Gasteiger partial charge >= 0.3 is 0 Å². The number of ether oxygens (including phenoxy) is 2. The molecule has 1 saturated carbocycles. The summed E-state index contributed by atoms with van der Waals surface area (Å²) in [5.74, 6) is 0.698. The van der Waals surface area contributed by atoms with Crippen molar-refractivity contribution in [1.82, 2.24) is 10.3 Å². The Bertz CT molecular complexity index is 384. The number of nitrogens with one attached hydrogen (secondary N) is 1. The molecule has 2 heterocycles. The maximum atomic E-state index is 5.68. The first-order valence-electron chi connectivity index (χ1n) is 7.33. The second-order valence-electron chi connectivity index (χ2n) is 5.46. The highest BCUT2D eigenvalue weighted by Gasteiger charge is 2.20. The Hall–Kier alpha value is -1.13. The number of pyridine rings is 1. The van der Waals surface area contributed by atoms with Gasteiger partial charge in [0.05, 0.1) is 6.10 Å². The smallest absolute Gasteiger partial charge is 0.213 e. The van der Waals surface area contributed by atoms with Gasteiger partial charge in [-0.25, -0.2) is 4.98 Å². The largest absolute Gasteiger partial charge is 0.475 e. The van der Waals surface area contributed by atoms with Crippen molar-refractivity contribution >= 4 is 0 Å². The van der Waals surface area contributed by atoms with Gasteiger partial charge in [-0.3, -0.25) is 0 Å². The molecule has 1 aromatic rings. The molecule has 2 fully saturated rings. The molecule has 0 aromatic carbocycles. The van der Waals surface area contributed by atoms with Gasteiger partial charge in [0.15, 0.2) is 0 Å². The first kappa shape index (κ1) is 12.9. The van der Waals surface area contributed by atoms with Crippen molar-refractivity contribution in [2.24, 2.45) is 0 Å².